The van der Waals surface area contributed by atoms with Crippen molar-refractivity contribution in [3.63, 3.8) is 0 Å². The molecule has 0 bridgehead atoms. The summed E-state index contributed by atoms with van der Waals surface area (Å²) in [4.78, 5) is 27.9. The van der Waals surface area contributed by atoms with Gasteiger partial charge in [0.25, 0.3) is 0 Å². The average Bonchev–Trinajstić information content (AvgIpc) is 2.95. The molecule has 0 aliphatic heterocycles. The molecule has 2 aromatic heterocycles. The molecule has 0 fully saturated rings. The highest BCUT2D eigenvalue weighted by Gasteiger charge is 2.26. The summed E-state index contributed by atoms with van der Waals surface area (Å²) in [5, 5.41) is 10.9. The molecule has 4 rings (SSSR count). The van der Waals surface area contributed by atoms with Gasteiger partial charge in [-0.3, -0.25) is 9.78 Å². The maximum atomic E-state index is 12.1. The second-order valence-corrected chi connectivity index (χ2v) is 6.38. The first-order valence-corrected chi connectivity index (χ1v) is 8.11. The molecule has 0 saturated carbocycles. The third kappa shape index (κ3) is 2.72. The number of Topliss-reactive ketones (excluding diaryl/α,β-unsaturated/α-hetero) is 1. The maximum absolute atomic E-state index is 12.1. The van der Waals surface area contributed by atoms with Crippen molar-refractivity contribution in [2.45, 2.75) is 13.0 Å². The number of nitrogens with zero attached hydrogens (tertiary/aromatic N) is 2. The first kappa shape index (κ1) is 15.6. The van der Waals surface area contributed by atoms with Gasteiger partial charge in [0, 0.05) is 30.7 Å². The summed E-state index contributed by atoms with van der Waals surface area (Å²) in [6, 6.07) is 7.64. The van der Waals surface area contributed by atoms with Gasteiger partial charge in [0.1, 0.15) is 0 Å². The number of ketones is 1. The van der Waals surface area contributed by atoms with Crippen LogP contribution in [0.5, 0.6) is 0 Å². The second-order valence-electron chi connectivity index (χ2n) is 5.95. The molecule has 1 aliphatic carbocycles. The molecule has 2 heterocycles. The van der Waals surface area contributed by atoms with Crippen LogP contribution >= 0.6 is 11.6 Å². The molecule has 1 aliphatic rings. The number of hydrogen-bond donors (Lipinski definition) is 1. The van der Waals surface area contributed by atoms with Crippen molar-refractivity contribution >= 4 is 40.3 Å². The van der Waals surface area contributed by atoms with E-state index in [2.05, 4.69) is 4.98 Å². The molecular weight excluding hydrogens is 340 g/mol. The molecule has 5 nitrogen and oxygen atoms in total. The summed E-state index contributed by atoms with van der Waals surface area (Å²) in [5.74, 6) is -1.25. The van der Waals surface area contributed by atoms with E-state index < -0.39 is 5.97 Å². The fourth-order valence-corrected chi connectivity index (χ4v) is 3.33. The largest absolute Gasteiger partial charge is 0.478 e. The fourth-order valence-electron chi connectivity index (χ4n) is 3.17. The minimum atomic E-state index is -1.09. The Bertz CT molecular complexity index is 1070. The predicted octanol–water partition coefficient (Wildman–Crippen LogP) is 4.04. The molecule has 0 spiro atoms. The molecular formula is C19H13ClN2O3. The number of aromatic nitrogens is 2. The quantitative estimate of drug-likeness (QED) is 0.772. The molecule has 0 unspecified atom stereocenters. The Morgan fingerprint density at radius 1 is 1.32 bits per heavy atom. The van der Waals surface area contributed by atoms with Gasteiger partial charge in [-0.25, -0.2) is 4.79 Å². The third-order valence-electron chi connectivity index (χ3n) is 4.27. The molecule has 124 valence electrons. The van der Waals surface area contributed by atoms with Crippen LogP contribution < -0.4 is 0 Å². The normalized spacial score (nSPS) is 13.2. The summed E-state index contributed by atoms with van der Waals surface area (Å²) in [5.41, 5.74) is 2.79. The molecule has 0 atom stereocenters. The maximum Gasteiger partial charge on any atom is 0.338 e. The van der Waals surface area contributed by atoms with Crippen molar-refractivity contribution < 1.29 is 14.7 Å². The van der Waals surface area contributed by atoms with Crippen molar-refractivity contribution in [3.8, 4) is 0 Å². The molecule has 1 N–H and O–H groups in total. The van der Waals surface area contributed by atoms with E-state index in [1.807, 2.05) is 30.3 Å². The van der Waals surface area contributed by atoms with Crippen LogP contribution in [0, 0.1) is 0 Å². The van der Waals surface area contributed by atoms with Gasteiger partial charge in [0.2, 0.25) is 0 Å². The number of carboxylic acids is 1. The van der Waals surface area contributed by atoms with Gasteiger partial charge in [-0.2, -0.15) is 0 Å². The molecule has 0 amide bonds. The van der Waals surface area contributed by atoms with Gasteiger partial charge in [0.05, 0.1) is 27.4 Å². The van der Waals surface area contributed by atoms with Crippen LogP contribution in [0.15, 0.2) is 42.7 Å². The van der Waals surface area contributed by atoms with E-state index in [-0.39, 0.29) is 17.8 Å². The topological polar surface area (TPSA) is 72.2 Å². The summed E-state index contributed by atoms with van der Waals surface area (Å²) < 4.78 is 1.80. The van der Waals surface area contributed by atoms with E-state index >= 15 is 0 Å². The Morgan fingerprint density at radius 2 is 2.16 bits per heavy atom. The van der Waals surface area contributed by atoms with E-state index in [9.17, 15) is 14.7 Å². The fraction of sp³-hybridized carbons (Fsp3) is 0.105. The van der Waals surface area contributed by atoms with E-state index in [1.165, 1.54) is 6.20 Å². The van der Waals surface area contributed by atoms with Crippen LogP contribution in [0.4, 0.5) is 0 Å². The zero-order chi connectivity index (χ0) is 17.6. The van der Waals surface area contributed by atoms with Crippen molar-refractivity contribution in [1.29, 1.82) is 0 Å². The molecule has 1 aromatic carbocycles. The van der Waals surface area contributed by atoms with Crippen LogP contribution in [0.25, 0.3) is 17.0 Å². The molecule has 6 heteroatoms. The molecule has 0 radical (unpaired) electrons. The van der Waals surface area contributed by atoms with Crippen molar-refractivity contribution in [1.82, 2.24) is 9.55 Å². The Labute approximate surface area is 148 Å². The summed E-state index contributed by atoms with van der Waals surface area (Å²) in [7, 11) is 0. The van der Waals surface area contributed by atoms with Crippen LogP contribution in [-0.4, -0.2) is 26.4 Å². The SMILES string of the molecule is O=C(O)c1cn(Cc2ccc3ncc(Cl)cc3c2)c2c1C(=O)CC=C2. The van der Waals surface area contributed by atoms with Crippen LogP contribution in [0.2, 0.25) is 5.02 Å². The lowest BCUT2D eigenvalue weighted by molar-refractivity contribution is 0.0692. The first-order chi connectivity index (χ1) is 12.0. The summed E-state index contributed by atoms with van der Waals surface area (Å²) in [6.45, 7) is 0.454. The van der Waals surface area contributed by atoms with Gasteiger partial charge >= 0.3 is 5.97 Å². The van der Waals surface area contributed by atoms with Crippen LogP contribution in [0.1, 0.15) is 38.4 Å². The number of rotatable bonds is 3. The van der Waals surface area contributed by atoms with E-state index in [4.69, 9.17) is 11.6 Å². The number of aromatic carboxylic acids is 1. The third-order valence-corrected chi connectivity index (χ3v) is 4.48. The zero-order valence-corrected chi connectivity index (χ0v) is 13.8. The smallest absolute Gasteiger partial charge is 0.338 e. The van der Waals surface area contributed by atoms with Crippen LogP contribution in [-0.2, 0) is 6.54 Å². The van der Waals surface area contributed by atoms with E-state index in [0.29, 0.717) is 22.8 Å². The standard InChI is InChI=1S/C19H13ClN2O3/c20-13-7-12-6-11(4-5-15(12)21-8-13)9-22-10-14(19(24)25)18-16(22)2-1-3-17(18)23/h1-2,4-8,10H,3,9H2,(H,24,25). The monoisotopic (exact) mass is 352 g/mol. The second kappa shape index (κ2) is 5.86. The number of benzene rings is 1. The predicted molar refractivity (Wildman–Crippen MR) is 95.2 cm³/mol. The number of carbonyl (C=O) groups is 2. The molecule has 0 saturated heterocycles. The number of carbonyl (C=O) groups excluding carboxylic acids is 1. The molecule has 25 heavy (non-hydrogen) atoms. The van der Waals surface area contributed by atoms with Gasteiger partial charge in [-0.1, -0.05) is 23.7 Å². The number of halogens is 1. The average molecular weight is 353 g/mol. The lowest BCUT2D eigenvalue weighted by atomic mass is 9.99. The van der Waals surface area contributed by atoms with Gasteiger partial charge < -0.3 is 9.67 Å². The van der Waals surface area contributed by atoms with E-state index in [1.54, 1.807) is 16.8 Å². The number of carboxylic acid groups (broad SMARTS) is 1. The molecule has 3 aromatic rings. The van der Waals surface area contributed by atoms with Crippen molar-refractivity contribution in [2.75, 3.05) is 0 Å². The number of pyridine rings is 1. The Balaban J connectivity index is 1.79. The lowest BCUT2D eigenvalue weighted by Gasteiger charge is -2.11. The lowest BCUT2D eigenvalue weighted by Crippen LogP contribution is -2.10. The van der Waals surface area contributed by atoms with Crippen LogP contribution in [0.3, 0.4) is 0 Å². The van der Waals surface area contributed by atoms with Crippen molar-refractivity contribution in [2.24, 2.45) is 0 Å². The van der Waals surface area contributed by atoms with Gasteiger partial charge in [0.15, 0.2) is 5.78 Å². The van der Waals surface area contributed by atoms with Gasteiger partial charge in [-0.15, -0.1) is 0 Å². The minimum absolute atomic E-state index is 0.0508. The highest BCUT2D eigenvalue weighted by atomic mass is 35.5. The van der Waals surface area contributed by atoms with Crippen molar-refractivity contribution in [3.05, 3.63) is 70.1 Å². The Morgan fingerprint density at radius 3 is 2.96 bits per heavy atom. The summed E-state index contributed by atoms with van der Waals surface area (Å²) in [6.07, 6.45) is 6.93. The highest BCUT2D eigenvalue weighted by molar-refractivity contribution is 6.31. The summed E-state index contributed by atoms with van der Waals surface area (Å²) >= 11 is 6.00. The van der Waals surface area contributed by atoms with E-state index in [0.717, 1.165) is 16.5 Å². The number of fused-ring (bicyclic) bond motifs is 2. The van der Waals surface area contributed by atoms with Gasteiger partial charge in [-0.05, 0) is 29.8 Å². The zero-order valence-electron chi connectivity index (χ0n) is 13.1. The Hall–Kier alpha value is -2.92. The Kier molecular flexibility index (Phi) is 3.66. The number of hydrogen-bond acceptors (Lipinski definition) is 3. The number of allylic oxidation sites excluding steroid dienone is 1. The first-order valence-electron chi connectivity index (χ1n) is 7.73. The highest BCUT2D eigenvalue weighted by Crippen LogP contribution is 2.27. The minimum Gasteiger partial charge on any atom is -0.478 e.